The van der Waals surface area contributed by atoms with Crippen LogP contribution in [0.25, 0.3) is 0 Å². The monoisotopic (exact) mass is 228 g/mol. The van der Waals surface area contributed by atoms with E-state index in [9.17, 15) is 9.67 Å². The van der Waals surface area contributed by atoms with E-state index in [2.05, 4.69) is 0 Å². The fourth-order valence-electron chi connectivity index (χ4n) is 1.26. The number of hydrogen-bond acceptors (Lipinski definition) is 5. The molecule has 0 aromatic rings. The molecular weight excluding hydrogens is 215 g/mol. The van der Waals surface area contributed by atoms with Crippen LogP contribution >= 0.6 is 7.60 Å². The first kappa shape index (κ1) is 12.1. The summed E-state index contributed by atoms with van der Waals surface area (Å²) in [7, 11) is -4.14. The predicted molar refractivity (Wildman–Crippen MR) is 44.4 cm³/mol. The van der Waals surface area contributed by atoms with Crippen molar-refractivity contribution in [1.82, 2.24) is 0 Å². The maximum absolute atomic E-state index is 10.5. The van der Waals surface area contributed by atoms with Crippen molar-refractivity contribution >= 4 is 7.60 Å². The van der Waals surface area contributed by atoms with Gasteiger partial charge in [0, 0.05) is 0 Å². The van der Waals surface area contributed by atoms with Crippen molar-refractivity contribution in [3.05, 3.63) is 0 Å². The summed E-state index contributed by atoms with van der Waals surface area (Å²) in [5.74, 6) is 0. The van der Waals surface area contributed by atoms with Gasteiger partial charge in [0.15, 0.2) is 6.29 Å². The minimum absolute atomic E-state index is 0.112. The zero-order valence-corrected chi connectivity index (χ0v) is 8.12. The van der Waals surface area contributed by atoms with E-state index >= 15 is 0 Å². The van der Waals surface area contributed by atoms with Crippen molar-refractivity contribution in [2.75, 3.05) is 6.16 Å². The van der Waals surface area contributed by atoms with Gasteiger partial charge >= 0.3 is 7.60 Å². The molecule has 0 saturated carbocycles. The molecule has 1 aliphatic rings. The largest absolute Gasteiger partial charge is 0.387 e. The van der Waals surface area contributed by atoms with Crippen LogP contribution in [0.2, 0.25) is 0 Å². The number of hydrogen-bond donors (Lipinski definition) is 5. The third-order valence-corrected chi connectivity index (χ3v) is 2.88. The second kappa shape index (κ2) is 4.24. The third-order valence-electron chi connectivity index (χ3n) is 2.04. The normalized spacial score (nSPS) is 38.9. The molecule has 1 heterocycles. The van der Waals surface area contributed by atoms with Gasteiger partial charge in [0.2, 0.25) is 0 Å². The van der Waals surface area contributed by atoms with Crippen LogP contribution in [0.15, 0.2) is 0 Å². The average molecular weight is 228 g/mol. The van der Waals surface area contributed by atoms with Gasteiger partial charge in [-0.25, -0.2) is 0 Å². The molecule has 0 radical (unpaired) electrons. The molecule has 14 heavy (non-hydrogen) atoms. The predicted octanol–water partition coefficient (Wildman–Crippen LogP) is -2.01. The van der Waals surface area contributed by atoms with E-state index < -0.39 is 38.4 Å². The van der Waals surface area contributed by atoms with Crippen molar-refractivity contribution in [2.45, 2.75) is 31.0 Å². The Hall–Kier alpha value is -0.0100. The summed E-state index contributed by atoms with van der Waals surface area (Å²) in [4.78, 5) is 17.1. The van der Waals surface area contributed by atoms with Gasteiger partial charge in [-0.2, -0.15) is 0 Å². The zero-order valence-electron chi connectivity index (χ0n) is 7.22. The highest BCUT2D eigenvalue weighted by Gasteiger charge is 2.41. The Bertz CT molecular complexity index is 238. The van der Waals surface area contributed by atoms with E-state index in [1.165, 1.54) is 0 Å². The van der Waals surface area contributed by atoms with E-state index in [0.29, 0.717) is 0 Å². The summed E-state index contributed by atoms with van der Waals surface area (Å²) in [6, 6.07) is 0. The molecular formula is C6H13O7P. The molecule has 0 spiro atoms. The molecule has 1 rings (SSSR count). The summed E-state index contributed by atoms with van der Waals surface area (Å²) >= 11 is 0. The summed E-state index contributed by atoms with van der Waals surface area (Å²) in [6.07, 6.45) is -5.72. The molecule has 1 aliphatic heterocycles. The van der Waals surface area contributed by atoms with Crippen LogP contribution in [0.1, 0.15) is 6.42 Å². The molecule has 5 N–H and O–H groups in total. The summed E-state index contributed by atoms with van der Waals surface area (Å²) in [5, 5.41) is 27.2. The second-order valence-corrected chi connectivity index (χ2v) is 5.00. The molecule has 84 valence electrons. The standard InChI is InChI=1S/C6H13O7P/c7-4-3(1-2-14(10,11)12)13-6(9)5(4)8/h3-9H,1-2H2,(H2,10,11,12)/t3-,4+,5-,6?/m1/s1. The third kappa shape index (κ3) is 2.99. The van der Waals surface area contributed by atoms with Gasteiger partial charge in [0.1, 0.15) is 12.2 Å². The zero-order chi connectivity index (χ0) is 10.9. The van der Waals surface area contributed by atoms with Crippen LogP contribution in [0.4, 0.5) is 0 Å². The minimum Gasteiger partial charge on any atom is -0.387 e. The van der Waals surface area contributed by atoms with Crippen LogP contribution in [0, 0.1) is 0 Å². The topological polar surface area (TPSA) is 127 Å². The van der Waals surface area contributed by atoms with Crippen molar-refractivity contribution in [3.8, 4) is 0 Å². The van der Waals surface area contributed by atoms with Gasteiger partial charge in [-0.05, 0) is 6.42 Å². The molecule has 0 aliphatic carbocycles. The highest BCUT2D eigenvalue weighted by molar-refractivity contribution is 7.51. The van der Waals surface area contributed by atoms with Crippen molar-refractivity contribution in [3.63, 3.8) is 0 Å². The Labute approximate surface area is 80.1 Å². The second-order valence-electron chi connectivity index (χ2n) is 3.22. The Kier molecular flexibility index (Phi) is 3.65. The summed E-state index contributed by atoms with van der Waals surface area (Å²) in [6.45, 7) is 0. The van der Waals surface area contributed by atoms with Gasteiger partial charge in [0.05, 0.1) is 12.3 Å². The van der Waals surface area contributed by atoms with Crippen LogP contribution in [-0.2, 0) is 9.30 Å². The quantitative estimate of drug-likeness (QED) is 0.353. The van der Waals surface area contributed by atoms with Gasteiger partial charge in [-0.1, -0.05) is 0 Å². The van der Waals surface area contributed by atoms with Crippen LogP contribution in [0.3, 0.4) is 0 Å². The van der Waals surface area contributed by atoms with Gasteiger partial charge in [-0.15, -0.1) is 0 Å². The molecule has 1 saturated heterocycles. The molecule has 4 atom stereocenters. The Morgan fingerprint density at radius 1 is 1.14 bits per heavy atom. The molecule has 1 unspecified atom stereocenters. The van der Waals surface area contributed by atoms with E-state index in [0.717, 1.165) is 0 Å². The molecule has 8 heteroatoms. The molecule has 7 nitrogen and oxygen atoms in total. The molecule has 0 aromatic carbocycles. The average Bonchev–Trinajstić information content (AvgIpc) is 2.28. The lowest BCUT2D eigenvalue weighted by atomic mass is 10.1. The van der Waals surface area contributed by atoms with Crippen LogP contribution < -0.4 is 0 Å². The first-order chi connectivity index (χ1) is 6.31. The van der Waals surface area contributed by atoms with Crippen molar-refractivity contribution in [1.29, 1.82) is 0 Å². The van der Waals surface area contributed by atoms with E-state index in [4.69, 9.17) is 24.7 Å². The van der Waals surface area contributed by atoms with Gasteiger partial charge < -0.3 is 29.8 Å². The Balaban J connectivity index is 2.44. The maximum Gasteiger partial charge on any atom is 0.325 e. The first-order valence-corrected chi connectivity index (χ1v) is 5.85. The number of rotatable bonds is 3. The van der Waals surface area contributed by atoms with E-state index in [-0.39, 0.29) is 6.42 Å². The summed E-state index contributed by atoms with van der Waals surface area (Å²) in [5.41, 5.74) is 0. The number of aliphatic hydroxyl groups is 3. The minimum atomic E-state index is -4.14. The SMILES string of the molecule is O=P(O)(O)CC[C@H]1OC(O)[C@H](O)[C@H]1O. The first-order valence-electron chi connectivity index (χ1n) is 4.05. The lowest BCUT2D eigenvalue weighted by molar-refractivity contribution is -0.127. The lowest BCUT2D eigenvalue weighted by Gasteiger charge is -2.14. The van der Waals surface area contributed by atoms with E-state index in [1.54, 1.807) is 0 Å². The Morgan fingerprint density at radius 2 is 1.71 bits per heavy atom. The smallest absolute Gasteiger partial charge is 0.325 e. The van der Waals surface area contributed by atoms with Crippen molar-refractivity contribution < 1.29 is 34.4 Å². The van der Waals surface area contributed by atoms with E-state index in [1.807, 2.05) is 0 Å². The molecule has 0 aromatic heterocycles. The van der Waals surface area contributed by atoms with Crippen molar-refractivity contribution in [2.24, 2.45) is 0 Å². The molecule has 1 fully saturated rings. The fourth-order valence-corrected chi connectivity index (χ4v) is 1.85. The van der Waals surface area contributed by atoms with Gasteiger partial charge in [-0.3, -0.25) is 4.57 Å². The van der Waals surface area contributed by atoms with Gasteiger partial charge in [0.25, 0.3) is 0 Å². The van der Waals surface area contributed by atoms with Crippen LogP contribution in [-0.4, -0.2) is 55.9 Å². The fraction of sp³-hybridized carbons (Fsp3) is 1.00. The Morgan fingerprint density at radius 3 is 2.07 bits per heavy atom. The maximum atomic E-state index is 10.5. The highest BCUT2D eigenvalue weighted by Crippen LogP contribution is 2.37. The summed E-state index contributed by atoms with van der Waals surface area (Å²) < 4.78 is 15.2. The number of aliphatic hydroxyl groups excluding tert-OH is 3. The highest BCUT2D eigenvalue weighted by atomic mass is 31.2. The lowest BCUT2D eigenvalue weighted by Crippen LogP contribution is -2.32. The molecule has 0 amide bonds. The molecule has 0 bridgehead atoms. The van der Waals surface area contributed by atoms with Crippen LogP contribution in [0.5, 0.6) is 0 Å². The number of ether oxygens (including phenoxy) is 1.